The number of hydrogen-bond donors (Lipinski definition) is 0. The molecule has 0 amide bonds. The molecule has 0 aromatic heterocycles. The number of benzene rings is 12. The Bertz CT molecular complexity index is 4550. The highest BCUT2D eigenvalue weighted by Gasteiger charge is 2.35. The van der Waals surface area contributed by atoms with E-state index in [0.717, 1.165) is 59.2 Å². The lowest BCUT2D eigenvalue weighted by Crippen LogP contribution is -2.14. The Morgan fingerprint density at radius 1 is 0.356 bits per heavy atom. The Kier molecular flexibility index (Phi) is 4.01. The third-order valence-corrected chi connectivity index (χ3v) is 12.3. The maximum absolute atomic E-state index is 10.4. The van der Waals surface area contributed by atoms with Gasteiger partial charge in [0.2, 0.25) is 0 Å². The zero-order valence-electron chi connectivity index (χ0n) is 49.0. The van der Waals surface area contributed by atoms with Gasteiger partial charge in [0.25, 0.3) is 0 Å². The van der Waals surface area contributed by atoms with Crippen LogP contribution in [-0.2, 0) is 5.41 Å². The van der Waals surface area contributed by atoms with E-state index in [-0.39, 0.29) is 22.3 Å². The molecule has 0 radical (unpaired) electrons. The lowest BCUT2D eigenvalue weighted by Gasteiger charge is -2.24. The quantitative estimate of drug-likeness (QED) is 0.157. The number of rotatable bonds is 4. The molecule has 12 aromatic rings. The fraction of sp³-hybridized carbons (Fsp3) is 0.0508. The molecule has 0 bridgehead atoms. The van der Waals surface area contributed by atoms with Crippen molar-refractivity contribution in [1.29, 1.82) is 0 Å². The molecule has 0 fully saturated rings. The average molecular weight is 765 g/mol. The van der Waals surface area contributed by atoms with E-state index < -0.39 is 119 Å². The smallest absolute Gasteiger partial charge is 0.0622 e. The van der Waals surface area contributed by atoms with Crippen molar-refractivity contribution < 1.29 is 24.7 Å². The van der Waals surface area contributed by atoms with Gasteiger partial charge in [0.1, 0.15) is 0 Å². The molecular formula is C59H38. The van der Waals surface area contributed by atoms with Gasteiger partial charge in [-0.2, -0.15) is 0 Å². The number of hydrogen-bond acceptors (Lipinski definition) is 0. The summed E-state index contributed by atoms with van der Waals surface area (Å²) in [7, 11) is 0. The Morgan fingerprint density at radius 2 is 0.831 bits per heavy atom. The summed E-state index contributed by atoms with van der Waals surface area (Å²) >= 11 is 0. The van der Waals surface area contributed by atoms with Crippen LogP contribution in [0.25, 0.3) is 120 Å². The predicted molar refractivity (Wildman–Crippen MR) is 253 cm³/mol. The van der Waals surface area contributed by atoms with Crippen LogP contribution in [-0.4, -0.2) is 0 Å². The summed E-state index contributed by atoms with van der Waals surface area (Å²) in [5.74, 6) is 0. The van der Waals surface area contributed by atoms with Crippen molar-refractivity contribution in [1.82, 2.24) is 0 Å². The second-order valence-electron chi connectivity index (χ2n) is 15.4. The second-order valence-corrected chi connectivity index (χ2v) is 15.4. The first-order chi connectivity index (χ1) is 36.5. The Balaban J connectivity index is 1.26. The topological polar surface area (TPSA) is 0 Å². The second kappa shape index (κ2) is 11.9. The van der Waals surface area contributed by atoms with Gasteiger partial charge >= 0.3 is 0 Å². The Labute approximate surface area is 368 Å². The highest BCUT2D eigenvalue weighted by Crippen LogP contribution is 2.52. The third kappa shape index (κ3) is 4.55. The van der Waals surface area contributed by atoms with Crippen LogP contribution >= 0.6 is 0 Å². The molecule has 12 aromatic carbocycles. The molecule has 0 atom stereocenters. The SMILES string of the molecule is [2H]c1c([2H])c([2H])c(-c2cc(-c3c([2H])c([2H])c4c(c3[2H])C(C([2H])([2H])[2H])(C([2H])([2H])[2H])c3c([2H])c([2H])c([2H])c([2H])c3-4)c(-c3ccc4ccc5cccc6ccc3c4c56)cc2-c2ccc3ccc4cccc5ccc2c3c45)c([2H])c1[2H]. The van der Waals surface area contributed by atoms with Gasteiger partial charge in [-0.3, -0.25) is 0 Å². The zero-order chi connectivity index (χ0) is 54.4. The standard InChI is InChI=1S/C59H38/c1-59(2)53-17-7-6-16-45(53)46-29-26-42(32-54(46)59)50-33-49(35-10-4-3-5-11-35)51(43-27-22-40-20-18-36-12-8-14-38-24-30-47(43)57(40)55(36)38)34-52(50)44-28-23-41-21-19-37-13-9-15-39-25-31-48(44)58(41)56(37)39/h3-34H,1-2H3/i1D3,2D3,3D,4D,5D,6D,7D,10D,11D,16D,17D,26D,29D,32D. The summed E-state index contributed by atoms with van der Waals surface area (Å²) in [5, 5.41) is 10.8. The van der Waals surface area contributed by atoms with E-state index in [1.165, 1.54) is 6.07 Å². The van der Waals surface area contributed by atoms with E-state index in [4.69, 9.17) is 17.8 Å². The van der Waals surface area contributed by atoms with Crippen LogP contribution < -0.4 is 0 Å². The van der Waals surface area contributed by atoms with Gasteiger partial charge in [-0.15, -0.1) is 0 Å². The lowest BCUT2D eigenvalue weighted by atomic mass is 9.79. The first kappa shape index (κ1) is 19.9. The van der Waals surface area contributed by atoms with E-state index in [1.54, 1.807) is 6.07 Å². The van der Waals surface area contributed by atoms with E-state index >= 15 is 0 Å². The third-order valence-electron chi connectivity index (χ3n) is 12.3. The molecule has 0 aliphatic heterocycles. The normalized spacial score (nSPS) is 18.2. The van der Waals surface area contributed by atoms with Crippen LogP contribution in [0.5, 0.6) is 0 Å². The predicted octanol–water partition coefficient (Wildman–Crippen LogP) is 16.5. The largest absolute Gasteiger partial charge is 0.0633 e. The van der Waals surface area contributed by atoms with Crippen molar-refractivity contribution in [2.45, 2.75) is 19.1 Å². The molecule has 1 aliphatic carbocycles. The lowest BCUT2D eigenvalue weighted by molar-refractivity contribution is 0.660. The first-order valence-electron chi connectivity index (χ1n) is 28.4. The molecular weight excluding hydrogens is 709 g/mol. The monoisotopic (exact) mass is 764 g/mol. The van der Waals surface area contributed by atoms with Gasteiger partial charge < -0.3 is 0 Å². The summed E-state index contributed by atoms with van der Waals surface area (Å²) in [6.45, 7) is -7.35. The van der Waals surface area contributed by atoms with Crippen LogP contribution in [0.3, 0.4) is 0 Å². The number of fused-ring (bicyclic) bond motifs is 3. The highest BCUT2D eigenvalue weighted by molar-refractivity contribution is 6.27. The average Bonchev–Trinajstić information content (AvgIpc) is 4.04. The van der Waals surface area contributed by atoms with Crippen molar-refractivity contribution in [2.24, 2.45) is 0 Å². The molecule has 0 heterocycles. The van der Waals surface area contributed by atoms with Gasteiger partial charge in [-0.1, -0.05) is 189 Å². The molecule has 0 heteroatoms. The molecule has 0 saturated heterocycles. The summed E-state index contributed by atoms with van der Waals surface area (Å²) < 4.78 is 166. The molecule has 1 aliphatic rings. The summed E-state index contributed by atoms with van der Waals surface area (Å²) in [5.41, 5.74) is -5.16. The fourth-order valence-electron chi connectivity index (χ4n) is 9.70. The van der Waals surface area contributed by atoms with Crippen LogP contribution in [0.2, 0.25) is 0 Å². The van der Waals surface area contributed by atoms with Gasteiger partial charge in [-0.25, -0.2) is 0 Å². The molecule has 0 N–H and O–H groups in total. The van der Waals surface area contributed by atoms with E-state index in [0.29, 0.717) is 22.1 Å². The van der Waals surface area contributed by atoms with Crippen molar-refractivity contribution in [2.75, 3.05) is 0 Å². The molecule has 59 heavy (non-hydrogen) atoms. The van der Waals surface area contributed by atoms with Gasteiger partial charge in [0.05, 0.1) is 16.4 Å². The minimum Gasteiger partial charge on any atom is -0.0622 e. The van der Waals surface area contributed by atoms with Gasteiger partial charge in [0.15, 0.2) is 0 Å². The van der Waals surface area contributed by atoms with Gasteiger partial charge in [0, 0.05) is 13.6 Å². The molecule has 0 spiro atoms. The van der Waals surface area contributed by atoms with Crippen molar-refractivity contribution in [3.05, 3.63) is 205 Å². The molecule has 13 rings (SSSR count). The molecule has 0 saturated carbocycles. The van der Waals surface area contributed by atoms with E-state index in [1.807, 2.05) is 109 Å². The Morgan fingerprint density at radius 3 is 1.42 bits per heavy atom. The maximum Gasteiger partial charge on any atom is 0.0633 e. The van der Waals surface area contributed by atoms with E-state index in [9.17, 15) is 6.85 Å². The highest BCUT2D eigenvalue weighted by atomic mass is 14.4. The zero-order valence-corrected chi connectivity index (χ0v) is 31.0. The fourth-order valence-corrected chi connectivity index (χ4v) is 9.70. The molecule has 274 valence electrons. The van der Waals surface area contributed by atoms with Crippen LogP contribution in [0.1, 0.15) is 49.5 Å². The van der Waals surface area contributed by atoms with Crippen molar-refractivity contribution in [3.63, 3.8) is 0 Å². The van der Waals surface area contributed by atoms with Gasteiger partial charge in [-0.05, 0) is 150 Å². The minimum absolute atomic E-state index is 0.0418. The summed E-state index contributed by atoms with van der Waals surface area (Å²) in [6.07, 6.45) is 0. The summed E-state index contributed by atoms with van der Waals surface area (Å²) in [4.78, 5) is 0. The Hall–Kier alpha value is -7.28. The minimum atomic E-state index is -3.67. The molecule has 0 unspecified atom stereocenters. The van der Waals surface area contributed by atoms with Crippen molar-refractivity contribution in [3.8, 4) is 55.6 Å². The first-order valence-corrected chi connectivity index (χ1v) is 19.4. The van der Waals surface area contributed by atoms with E-state index in [2.05, 4.69) is 0 Å². The van der Waals surface area contributed by atoms with Crippen LogP contribution in [0, 0.1) is 0 Å². The van der Waals surface area contributed by atoms with Crippen LogP contribution in [0.4, 0.5) is 0 Å². The maximum atomic E-state index is 10.4. The van der Waals surface area contributed by atoms with Crippen molar-refractivity contribution >= 4 is 64.6 Å². The molecule has 0 nitrogen and oxygen atoms in total. The van der Waals surface area contributed by atoms with Crippen LogP contribution in [0.15, 0.2) is 194 Å². The summed E-state index contributed by atoms with van der Waals surface area (Å²) in [6, 6.07) is 29.7.